The molecule has 1 aliphatic carbocycles. The van der Waals surface area contributed by atoms with Gasteiger partial charge in [0, 0.05) is 12.1 Å². The smallest absolute Gasteiger partial charge is 0.293 e. The van der Waals surface area contributed by atoms with Gasteiger partial charge in [-0.1, -0.05) is 29.8 Å². The van der Waals surface area contributed by atoms with Crippen LogP contribution in [0.5, 0.6) is 11.5 Å². The zero-order valence-corrected chi connectivity index (χ0v) is 18.5. The van der Waals surface area contributed by atoms with Gasteiger partial charge in [-0.25, -0.2) is 5.84 Å². The second kappa shape index (κ2) is 9.83. The lowest BCUT2D eigenvalue weighted by Gasteiger charge is -2.34. The van der Waals surface area contributed by atoms with E-state index in [0.717, 1.165) is 35.1 Å². The summed E-state index contributed by atoms with van der Waals surface area (Å²) < 4.78 is 16.0. The zero-order valence-electron chi connectivity index (χ0n) is 18.5. The van der Waals surface area contributed by atoms with Gasteiger partial charge in [-0.05, 0) is 48.6 Å². The number of benzene rings is 2. The minimum atomic E-state index is -0.457. The van der Waals surface area contributed by atoms with E-state index in [1.54, 1.807) is 0 Å². The van der Waals surface area contributed by atoms with Gasteiger partial charge < -0.3 is 30.3 Å². The van der Waals surface area contributed by atoms with E-state index < -0.39 is 11.9 Å². The molecule has 1 aliphatic heterocycles. The molecule has 2 aromatic carbocycles. The number of hydrogen-bond acceptors (Lipinski definition) is 8. The number of nitrogens with one attached hydrogen (secondary N) is 1. The summed E-state index contributed by atoms with van der Waals surface area (Å²) in [6.07, 6.45) is 2.91. The molecule has 1 heterocycles. The molecule has 9 heteroatoms. The maximum Gasteiger partial charge on any atom is 0.293 e. The number of hydrogen-bond donors (Lipinski definition) is 3. The predicted molar refractivity (Wildman–Crippen MR) is 120 cm³/mol. The fourth-order valence-electron chi connectivity index (χ4n) is 4.33. The first-order valence-electron chi connectivity index (χ1n) is 10.8. The minimum absolute atomic E-state index is 0.0203. The van der Waals surface area contributed by atoms with Crippen LogP contribution in [-0.4, -0.2) is 30.8 Å². The van der Waals surface area contributed by atoms with Crippen molar-refractivity contribution in [1.82, 2.24) is 10.3 Å². The number of aryl methyl sites for hydroxylation is 2. The summed E-state index contributed by atoms with van der Waals surface area (Å²) in [6.45, 7) is 3.17. The van der Waals surface area contributed by atoms with Crippen molar-refractivity contribution in [2.45, 2.75) is 32.4 Å². The van der Waals surface area contributed by atoms with Crippen LogP contribution in [0.3, 0.4) is 0 Å². The highest BCUT2D eigenvalue weighted by Gasteiger charge is 2.34. The van der Waals surface area contributed by atoms with E-state index in [-0.39, 0.29) is 25.0 Å². The molecule has 2 aliphatic rings. The number of ether oxygens (including phenoxy) is 3. The van der Waals surface area contributed by atoms with Gasteiger partial charge in [-0.2, -0.15) is 0 Å². The lowest BCUT2D eigenvalue weighted by Crippen LogP contribution is -2.40. The van der Waals surface area contributed by atoms with Crippen LogP contribution in [0.25, 0.3) is 0 Å². The van der Waals surface area contributed by atoms with Crippen LogP contribution in [0.4, 0.5) is 0 Å². The molecule has 2 unspecified atom stereocenters. The number of amides is 1. The quantitative estimate of drug-likeness (QED) is 0.239. The molecule has 0 bridgehead atoms. The first-order chi connectivity index (χ1) is 15.9. The fraction of sp³-hybridized carbons (Fsp3) is 0.333. The van der Waals surface area contributed by atoms with Gasteiger partial charge in [-0.15, -0.1) is 0 Å². The van der Waals surface area contributed by atoms with E-state index >= 15 is 0 Å². The second-order valence-corrected chi connectivity index (χ2v) is 8.33. The van der Waals surface area contributed by atoms with E-state index in [2.05, 4.69) is 5.32 Å². The van der Waals surface area contributed by atoms with Crippen molar-refractivity contribution in [1.29, 1.82) is 0 Å². The molecule has 0 spiro atoms. The monoisotopic (exact) mass is 452 g/mol. The lowest BCUT2D eigenvalue weighted by molar-refractivity contribution is -0.130. The Labute approximate surface area is 192 Å². The summed E-state index contributed by atoms with van der Waals surface area (Å²) in [4.78, 5) is 23.7. The second-order valence-electron chi connectivity index (χ2n) is 8.33. The molecule has 5 N–H and O–H groups in total. The first-order valence-corrected chi connectivity index (χ1v) is 10.8. The van der Waals surface area contributed by atoms with Crippen molar-refractivity contribution >= 4 is 12.4 Å². The van der Waals surface area contributed by atoms with Crippen molar-refractivity contribution in [2.24, 2.45) is 17.5 Å². The summed E-state index contributed by atoms with van der Waals surface area (Å²) in [5, 5.41) is 4.38. The van der Waals surface area contributed by atoms with E-state index in [9.17, 15) is 9.59 Å². The molecule has 33 heavy (non-hydrogen) atoms. The molecule has 2 aromatic rings. The number of nitrogens with zero attached hydrogens (tertiary/aromatic N) is 1. The number of rotatable bonds is 8. The van der Waals surface area contributed by atoms with Crippen LogP contribution in [-0.2, 0) is 27.3 Å². The van der Waals surface area contributed by atoms with Gasteiger partial charge in [0.2, 0.25) is 6.79 Å². The number of nitrogens with two attached hydrogens (primary N) is 2. The van der Waals surface area contributed by atoms with Gasteiger partial charge in [0.25, 0.3) is 12.4 Å². The van der Waals surface area contributed by atoms with E-state index in [1.165, 1.54) is 11.2 Å². The molecule has 0 saturated carbocycles. The van der Waals surface area contributed by atoms with Crippen molar-refractivity contribution < 1.29 is 23.8 Å². The molecule has 0 aromatic heterocycles. The Morgan fingerprint density at radius 3 is 2.82 bits per heavy atom. The molecule has 2 atom stereocenters. The highest BCUT2D eigenvalue weighted by molar-refractivity contribution is 5.92. The van der Waals surface area contributed by atoms with Crippen LogP contribution in [0, 0.1) is 12.8 Å². The molecule has 1 amide bonds. The van der Waals surface area contributed by atoms with Crippen molar-refractivity contribution in [2.75, 3.05) is 13.4 Å². The summed E-state index contributed by atoms with van der Waals surface area (Å²) >= 11 is 0. The van der Waals surface area contributed by atoms with Crippen molar-refractivity contribution in [3.63, 3.8) is 0 Å². The topological polar surface area (TPSA) is 129 Å². The van der Waals surface area contributed by atoms with Gasteiger partial charge in [0.1, 0.15) is 5.70 Å². The molecule has 9 nitrogen and oxygen atoms in total. The SMILES string of the molecule is Cc1cccc(CN(N)/C=C(\N)C(=O)NC2c3cc4c(cc3CCC2COC=O)OCO4)c1. The standard InChI is InChI=1S/C24H28N4O5/c1-15-3-2-4-16(7-15)10-28(26)11-20(25)24(30)27-23-18(12-31-13-29)6-5-17-8-21-22(9-19(17)23)33-14-32-21/h2-4,7-9,11,13,18,23H,5-6,10,12,14,25-26H2,1H3,(H,27,30)/b20-11-. The Balaban J connectivity index is 1.51. The van der Waals surface area contributed by atoms with Crippen LogP contribution in [0.2, 0.25) is 0 Å². The molecule has 4 rings (SSSR count). The Kier molecular flexibility index (Phi) is 6.69. The molecule has 174 valence electrons. The lowest BCUT2D eigenvalue weighted by atomic mass is 9.79. The molecule has 0 radical (unpaired) electrons. The highest BCUT2D eigenvalue weighted by atomic mass is 16.7. The van der Waals surface area contributed by atoms with Crippen LogP contribution >= 0.6 is 0 Å². The first kappa shape index (κ1) is 22.5. The van der Waals surface area contributed by atoms with Crippen molar-refractivity contribution in [3.8, 4) is 11.5 Å². The van der Waals surface area contributed by atoms with Crippen LogP contribution in [0.1, 0.15) is 34.7 Å². The van der Waals surface area contributed by atoms with Crippen molar-refractivity contribution in [3.05, 3.63) is 70.5 Å². The summed E-state index contributed by atoms with van der Waals surface area (Å²) in [7, 11) is 0. The van der Waals surface area contributed by atoms with E-state index in [1.807, 2.05) is 43.3 Å². The highest BCUT2D eigenvalue weighted by Crippen LogP contribution is 2.42. The van der Waals surface area contributed by atoms with Gasteiger partial charge in [-0.3, -0.25) is 9.59 Å². The Morgan fingerprint density at radius 1 is 1.27 bits per heavy atom. The van der Waals surface area contributed by atoms with Gasteiger partial charge >= 0.3 is 0 Å². The summed E-state index contributed by atoms with van der Waals surface area (Å²) in [5.41, 5.74) is 10.1. The fourth-order valence-corrected chi connectivity index (χ4v) is 4.33. The van der Waals surface area contributed by atoms with E-state index in [0.29, 0.717) is 24.5 Å². The number of carbonyl (C=O) groups is 2. The third-order valence-corrected chi connectivity index (χ3v) is 5.91. The number of fused-ring (bicyclic) bond motifs is 2. The Morgan fingerprint density at radius 2 is 2.06 bits per heavy atom. The normalized spacial score (nSPS) is 18.9. The predicted octanol–water partition coefficient (Wildman–Crippen LogP) is 1.79. The zero-order chi connectivity index (χ0) is 23.4. The minimum Gasteiger partial charge on any atom is -0.468 e. The molecule has 0 fully saturated rings. The molecular weight excluding hydrogens is 424 g/mol. The molecule has 0 saturated heterocycles. The third kappa shape index (κ3) is 5.20. The van der Waals surface area contributed by atoms with Crippen LogP contribution < -0.4 is 26.4 Å². The number of hydrazine groups is 1. The Hall–Kier alpha value is -3.72. The average Bonchev–Trinajstić information content (AvgIpc) is 3.24. The summed E-state index contributed by atoms with van der Waals surface area (Å²) in [6, 6.07) is 11.3. The molecular formula is C24H28N4O5. The van der Waals surface area contributed by atoms with Crippen LogP contribution in [0.15, 0.2) is 48.3 Å². The van der Waals surface area contributed by atoms with Gasteiger partial charge in [0.05, 0.1) is 19.2 Å². The van der Waals surface area contributed by atoms with Gasteiger partial charge in [0.15, 0.2) is 11.5 Å². The average molecular weight is 453 g/mol. The number of carbonyl (C=O) groups excluding carboxylic acids is 2. The Bertz CT molecular complexity index is 1070. The summed E-state index contributed by atoms with van der Waals surface area (Å²) in [5.74, 6) is 6.81. The third-order valence-electron chi connectivity index (χ3n) is 5.91. The largest absolute Gasteiger partial charge is 0.468 e. The maximum absolute atomic E-state index is 13.0. The maximum atomic E-state index is 13.0. The van der Waals surface area contributed by atoms with E-state index in [4.69, 9.17) is 25.8 Å².